The summed E-state index contributed by atoms with van der Waals surface area (Å²) in [5.41, 5.74) is 0.930. The van der Waals surface area contributed by atoms with Crippen LogP contribution in [0, 0.1) is 0 Å². The molecule has 0 fully saturated rings. The average molecular weight is 470 g/mol. The number of para-hydroxylation sites is 3. The van der Waals surface area contributed by atoms with Gasteiger partial charge in [-0.3, -0.25) is 13.9 Å². The van der Waals surface area contributed by atoms with Gasteiger partial charge in [0.1, 0.15) is 11.5 Å². The van der Waals surface area contributed by atoms with Gasteiger partial charge in [0, 0.05) is 0 Å². The molecule has 1 aliphatic rings. The molecule has 1 aromatic heterocycles. The third-order valence-electron chi connectivity index (χ3n) is 5.16. The molecule has 0 bridgehead atoms. The first-order chi connectivity index (χ1) is 15.9. The summed E-state index contributed by atoms with van der Waals surface area (Å²) < 4.78 is 37.5. The van der Waals surface area contributed by atoms with Crippen LogP contribution in [0.3, 0.4) is 0 Å². The van der Waals surface area contributed by atoms with Crippen molar-refractivity contribution in [3.63, 3.8) is 0 Å². The number of amides is 2. The molecule has 2 heterocycles. The first-order valence-corrected chi connectivity index (χ1v) is 12.0. The van der Waals surface area contributed by atoms with E-state index in [1.807, 2.05) is 0 Å². The molecule has 3 aromatic rings. The van der Waals surface area contributed by atoms with Gasteiger partial charge < -0.3 is 19.8 Å². The van der Waals surface area contributed by atoms with Crippen LogP contribution in [0.25, 0.3) is 0 Å². The van der Waals surface area contributed by atoms with Crippen LogP contribution in [-0.4, -0.2) is 38.6 Å². The van der Waals surface area contributed by atoms with Crippen molar-refractivity contribution >= 4 is 33.2 Å². The van der Waals surface area contributed by atoms with Gasteiger partial charge in [-0.05, 0) is 43.3 Å². The van der Waals surface area contributed by atoms with E-state index in [0.717, 1.165) is 0 Å². The van der Waals surface area contributed by atoms with Crippen molar-refractivity contribution < 1.29 is 27.2 Å². The Kier molecular flexibility index (Phi) is 6.36. The Balaban J connectivity index is 1.52. The number of nitrogens with one attached hydrogen (secondary N) is 2. The van der Waals surface area contributed by atoms with Crippen LogP contribution in [0.2, 0.25) is 0 Å². The van der Waals surface area contributed by atoms with E-state index in [4.69, 9.17) is 9.15 Å². The molecular formula is C23H23N3O6S. The molecule has 1 atom stereocenters. The predicted molar refractivity (Wildman–Crippen MR) is 123 cm³/mol. The van der Waals surface area contributed by atoms with Gasteiger partial charge in [-0.2, -0.15) is 0 Å². The Bertz CT molecular complexity index is 1260. The number of nitrogens with zero attached hydrogens (tertiary/aromatic N) is 1. The molecule has 0 unspecified atom stereocenters. The number of rotatable bonds is 7. The maximum absolute atomic E-state index is 13.1. The fraction of sp³-hybridized carbons (Fsp3) is 0.217. The number of furan rings is 1. The van der Waals surface area contributed by atoms with Gasteiger partial charge >= 0.3 is 0 Å². The van der Waals surface area contributed by atoms with Crippen molar-refractivity contribution in [3.05, 3.63) is 78.3 Å². The van der Waals surface area contributed by atoms with Crippen molar-refractivity contribution in [2.45, 2.75) is 19.6 Å². The lowest BCUT2D eigenvalue weighted by molar-refractivity contribution is -0.122. The minimum absolute atomic E-state index is 0.117. The van der Waals surface area contributed by atoms with E-state index in [9.17, 15) is 18.0 Å². The standard InChI is InChI=1S/C23H23N3O6S/c1-2-33(29,30)26-15-21(32-20-12-6-5-11-19(20)26)23(28)25-18-10-4-3-9-17(18)22(27)24-14-16-8-7-13-31-16/h3-13,21H,2,14-15H2,1H3,(H,24,27)(H,25,28)/t21-/m1/s1. The lowest BCUT2D eigenvalue weighted by Crippen LogP contribution is -2.49. The van der Waals surface area contributed by atoms with Crippen molar-refractivity contribution in [3.8, 4) is 5.75 Å². The van der Waals surface area contributed by atoms with Crippen molar-refractivity contribution in [1.29, 1.82) is 0 Å². The molecule has 33 heavy (non-hydrogen) atoms. The van der Waals surface area contributed by atoms with Crippen LogP contribution in [0.15, 0.2) is 71.3 Å². The van der Waals surface area contributed by atoms with Crippen LogP contribution in [0.5, 0.6) is 5.75 Å². The van der Waals surface area contributed by atoms with Gasteiger partial charge in [0.2, 0.25) is 10.0 Å². The molecular weight excluding hydrogens is 446 g/mol. The summed E-state index contributed by atoms with van der Waals surface area (Å²) in [4.78, 5) is 25.7. The zero-order valence-corrected chi connectivity index (χ0v) is 18.7. The summed E-state index contributed by atoms with van der Waals surface area (Å²) in [6.07, 6.45) is 0.417. The molecule has 172 valence electrons. The van der Waals surface area contributed by atoms with Crippen molar-refractivity contribution in [1.82, 2.24) is 5.32 Å². The minimum atomic E-state index is -3.62. The van der Waals surface area contributed by atoms with Crippen LogP contribution in [0.4, 0.5) is 11.4 Å². The van der Waals surface area contributed by atoms with Gasteiger partial charge in [0.15, 0.2) is 6.10 Å². The van der Waals surface area contributed by atoms with E-state index in [1.165, 1.54) is 10.6 Å². The van der Waals surface area contributed by atoms with Gasteiger partial charge in [-0.15, -0.1) is 0 Å². The van der Waals surface area contributed by atoms with Gasteiger partial charge in [0.25, 0.3) is 11.8 Å². The van der Waals surface area contributed by atoms with Crippen LogP contribution in [-0.2, 0) is 21.4 Å². The largest absolute Gasteiger partial charge is 0.476 e. The van der Waals surface area contributed by atoms with Crippen molar-refractivity contribution in [2.75, 3.05) is 21.9 Å². The average Bonchev–Trinajstić information content (AvgIpc) is 3.36. The Labute approximate surface area is 191 Å². The molecule has 4 rings (SSSR count). The number of fused-ring (bicyclic) bond motifs is 1. The number of hydrogen-bond acceptors (Lipinski definition) is 6. The predicted octanol–water partition coefficient (Wildman–Crippen LogP) is 2.77. The summed E-state index contributed by atoms with van der Waals surface area (Å²) in [5, 5.41) is 5.44. The molecule has 2 N–H and O–H groups in total. The molecule has 0 spiro atoms. The first-order valence-electron chi connectivity index (χ1n) is 10.4. The summed E-state index contributed by atoms with van der Waals surface area (Å²) in [7, 11) is -3.62. The smallest absolute Gasteiger partial charge is 0.267 e. The number of carbonyl (C=O) groups is 2. The molecule has 0 radical (unpaired) electrons. The highest BCUT2D eigenvalue weighted by molar-refractivity contribution is 7.92. The van der Waals surface area contributed by atoms with Crippen LogP contribution < -0.4 is 19.7 Å². The second kappa shape index (κ2) is 9.37. The normalized spacial score (nSPS) is 15.3. The van der Waals surface area contributed by atoms with E-state index in [-0.39, 0.29) is 30.1 Å². The summed E-state index contributed by atoms with van der Waals surface area (Å²) in [6, 6.07) is 16.7. The fourth-order valence-electron chi connectivity index (χ4n) is 3.44. The van der Waals surface area contributed by atoms with Crippen LogP contribution >= 0.6 is 0 Å². The Morgan fingerprint density at radius 3 is 2.58 bits per heavy atom. The monoisotopic (exact) mass is 469 g/mol. The molecule has 2 aromatic carbocycles. The summed E-state index contributed by atoms with van der Waals surface area (Å²) >= 11 is 0. The highest BCUT2D eigenvalue weighted by Crippen LogP contribution is 2.35. The van der Waals surface area contributed by atoms with E-state index in [2.05, 4.69) is 10.6 Å². The molecule has 0 aliphatic carbocycles. The number of ether oxygens (including phenoxy) is 1. The Morgan fingerprint density at radius 2 is 1.82 bits per heavy atom. The molecule has 2 amide bonds. The summed E-state index contributed by atoms with van der Waals surface area (Å²) in [5.74, 6) is -0.185. The second-order valence-electron chi connectivity index (χ2n) is 7.30. The van der Waals surface area contributed by atoms with Crippen molar-refractivity contribution in [2.24, 2.45) is 0 Å². The summed E-state index contributed by atoms with van der Waals surface area (Å²) in [6.45, 7) is 1.56. The lowest BCUT2D eigenvalue weighted by atomic mass is 10.1. The van der Waals surface area contributed by atoms with E-state index < -0.39 is 27.9 Å². The second-order valence-corrected chi connectivity index (χ2v) is 9.48. The SMILES string of the molecule is CCS(=O)(=O)N1C[C@H](C(=O)Nc2ccccc2C(=O)NCc2ccco2)Oc2ccccc21. The number of sulfonamides is 1. The minimum Gasteiger partial charge on any atom is -0.476 e. The van der Waals surface area contributed by atoms with Crippen LogP contribution in [0.1, 0.15) is 23.0 Å². The number of hydrogen-bond donors (Lipinski definition) is 2. The zero-order chi connectivity index (χ0) is 23.4. The molecule has 0 saturated heterocycles. The third-order valence-corrected chi connectivity index (χ3v) is 6.91. The highest BCUT2D eigenvalue weighted by atomic mass is 32.2. The third kappa shape index (κ3) is 4.85. The maximum atomic E-state index is 13.1. The van der Waals surface area contributed by atoms with Gasteiger partial charge in [0.05, 0.1) is 42.0 Å². The van der Waals surface area contributed by atoms with E-state index in [0.29, 0.717) is 17.2 Å². The van der Waals surface area contributed by atoms with Gasteiger partial charge in [-0.25, -0.2) is 8.42 Å². The molecule has 1 aliphatic heterocycles. The number of carbonyl (C=O) groups excluding carboxylic acids is 2. The molecule has 9 nitrogen and oxygen atoms in total. The Morgan fingerprint density at radius 1 is 1.06 bits per heavy atom. The lowest BCUT2D eigenvalue weighted by Gasteiger charge is -2.34. The number of anilines is 2. The van der Waals surface area contributed by atoms with Gasteiger partial charge in [-0.1, -0.05) is 24.3 Å². The van der Waals surface area contributed by atoms with E-state index >= 15 is 0 Å². The topological polar surface area (TPSA) is 118 Å². The molecule has 0 saturated carbocycles. The highest BCUT2D eigenvalue weighted by Gasteiger charge is 2.36. The quantitative estimate of drug-likeness (QED) is 0.549. The maximum Gasteiger partial charge on any atom is 0.267 e. The fourth-order valence-corrected chi connectivity index (χ4v) is 4.56. The van der Waals surface area contributed by atoms with E-state index in [1.54, 1.807) is 67.6 Å². The first kappa shape index (κ1) is 22.4. The molecule has 10 heteroatoms. The Hall–Kier alpha value is -3.79. The zero-order valence-electron chi connectivity index (χ0n) is 17.9. The number of benzene rings is 2.